The third-order valence-electron chi connectivity index (χ3n) is 3.92. The van der Waals surface area contributed by atoms with Gasteiger partial charge in [-0.3, -0.25) is 9.69 Å². The van der Waals surface area contributed by atoms with E-state index in [-0.39, 0.29) is 18.1 Å². The predicted octanol–water partition coefficient (Wildman–Crippen LogP) is 2.74. The van der Waals surface area contributed by atoms with Gasteiger partial charge in [0.15, 0.2) is 0 Å². The van der Waals surface area contributed by atoms with Crippen LogP contribution in [-0.2, 0) is 4.79 Å². The van der Waals surface area contributed by atoms with E-state index in [1.165, 1.54) is 6.07 Å². The molecule has 1 aliphatic rings. The minimum atomic E-state index is -0.447. The molecular weight excluding hydrogens is 375 g/mol. The summed E-state index contributed by atoms with van der Waals surface area (Å²) in [6, 6.07) is 10.4. The topological polar surface area (TPSA) is 48.5 Å². The lowest BCUT2D eigenvalue weighted by Crippen LogP contribution is -2.48. The fraction of sp³-hybridized carbons (Fsp3) is 0.294. The second-order valence-corrected chi connectivity index (χ2v) is 6.54. The van der Waals surface area contributed by atoms with E-state index in [1.807, 2.05) is 18.2 Å². The monoisotopic (exact) mass is 392 g/mol. The first-order valence-electron chi connectivity index (χ1n) is 7.75. The molecule has 2 aromatic rings. The summed E-state index contributed by atoms with van der Waals surface area (Å²) in [4.78, 5) is 20.7. The van der Waals surface area contributed by atoms with Gasteiger partial charge >= 0.3 is 0 Å². The van der Waals surface area contributed by atoms with Crippen LogP contribution in [0.1, 0.15) is 0 Å². The first-order valence-corrected chi connectivity index (χ1v) is 8.54. The van der Waals surface area contributed by atoms with E-state index in [4.69, 9.17) is 0 Å². The predicted molar refractivity (Wildman–Crippen MR) is 95.6 cm³/mol. The highest BCUT2D eigenvalue weighted by Gasteiger charge is 2.20. The van der Waals surface area contributed by atoms with Crippen LogP contribution in [0.5, 0.6) is 0 Å². The summed E-state index contributed by atoms with van der Waals surface area (Å²) in [5, 5.41) is 2.63. The zero-order valence-electron chi connectivity index (χ0n) is 13.1. The van der Waals surface area contributed by atoms with Gasteiger partial charge in [-0.15, -0.1) is 0 Å². The molecule has 1 aliphatic heterocycles. The van der Waals surface area contributed by atoms with Crippen molar-refractivity contribution >= 4 is 33.3 Å². The molecule has 2 heterocycles. The summed E-state index contributed by atoms with van der Waals surface area (Å²) in [6.07, 6.45) is 1.78. The highest BCUT2D eigenvalue weighted by molar-refractivity contribution is 9.10. The molecule has 5 nitrogen and oxygen atoms in total. The van der Waals surface area contributed by atoms with Crippen molar-refractivity contribution in [2.45, 2.75) is 0 Å². The SMILES string of the molecule is O=C(CN1CCN(c2ccccn2)CC1)Nc1ccc(Br)cc1F. The molecule has 1 aromatic carbocycles. The lowest BCUT2D eigenvalue weighted by atomic mass is 10.3. The van der Waals surface area contributed by atoms with E-state index >= 15 is 0 Å². The molecule has 1 saturated heterocycles. The fourth-order valence-electron chi connectivity index (χ4n) is 2.66. The van der Waals surface area contributed by atoms with Crippen molar-refractivity contribution in [2.24, 2.45) is 0 Å². The molecule has 0 aliphatic carbocycles. The summed E-state index contributed by atoms with van der Waals surface area (Å²) < 4.78 is 14.4. The molecule has 0 unspecified atom stereocenters. The summed E-state index contributed by atoms with van der Waals surface area (Å²) in [7, 11) is 0. The summed E-state index contributed by atoms with van der Waals surface area (Å²) >= 11 is 3.20. The minimum Gasteiger partial charge on any atom is -0.354 e. The number of halogens is 2. The van der Waals surface area contributed by atoms with Crippen LogP contribution in [-0.4, -0.2) is 48.5 Å². The molecule has 3 rings (SSSR count). The molecule has 126 valence electrons. The standard InChI is InChI=1S/C17H18BrFN4O/c18-13-4-5-15(14(19)11-13)21-17(24)12-22-7-9-23(10-8-22)16-3-1-2-6-20-16/h1-6,11H,7-10,12H2,(H,21,24). The van der Waals surface area contributed by atoms with Crippen molar-refractivity contribution < 1.29 is 9.18 Å². The molecule has 0 saturated carbocycles. The Morgan fingerprint density at radius 3 is 2.67 bits per heavy atom. The number of anilines is 2. The molecule has 1 N–H and O–H groups in total. The second-order valence-electron chi connectivity index (χ2n) is 5.62. The van der Waals surface area contributed by atoms with Crippen LogP contribution >= 0.6 is 15.9 Å². The van der Waals surface area contributed by atoms with E-state index in [0.29, 0.717) is 4.47 Å². The van der Waals surface area contributed by atoms with Gasteiger partial charge in [0, 0.05) is 36.8 Å². The summed E-state index contributed by atoms with van der Waals surface area (Å²) in [6.45, 7) is 3.43. The van der Waals surface area contributed by atoms with Crippen LogP contribution in [0.15, 0.2) is 47.1 Å². The van der Waals surface area contributed by atoms with Gasteiger partial charge in [0.25, 0.3) is 0 Å². The van der Waals surface area contributed by atoms with E-state index in [9.17, 15) is 9.18 Å². The van der Waals surface area contributed by atoms with Crippen LogP contribution in [0.4, 0.5) is 15.9 Å². The fourth-order valence-corrected chi connectivity index (χ4v) is 2.99. The zero-order valence-corrected chi connectivity index (χ0v) is 14.7. The van der Waals surface area contributed by atoms with Crippen molar-refractivity contribution in [3.63, 3.8) is 0 Å². The van der Waals surface area contributed by atoms with Crippen LogP contribution < -0.4 is 10.2 Å². The zero-order chi connectivity index (χ0) is 16.9. The van der Waals surface area contributed by atoms with Crippen LogP contribution in [0.3, 0.4) is 0 Å². The first-order chi connectivity index (χ1) is 11.6. The van der Waals surface area contributed by atoms with E-state index in [2.05, 4.69) is 36.0 Å². The molecule has 1 amide bonds. The number of carbonyl (C=O) groups is 1. The van der Waals surface area contributed by atoms with Crippen molar-refractivity contribution in [3.05, 3.63) is 52.9 Å². The summed E-state index contributed by atoms with van der Waals surface area (Å²) in [5.74, 6) is 0.304. The van der Waals surface area contributed by atoms with Gasteiger partial charge in [0.2, 0.25) is 5.91 Å². The van der Waals surface area contributed by atoms with Gasteiger partial charge in [-0.05, 0) is 30.3 Å². The Morgan fingerprint density at radius 2 is 2.00 bits per heavy atom. The molecule has 0 bridgehead atoms. The van der Waals surface area contributed by atoms with E-state index in [0.717, 1.165) is 32.0 Å². The first kappa shape index (κ1) is 16.9. The number of rotatable bonds is 4. The van der Waals surface area contributed by atoms with Crippen molar-refractivity contribution in [3.8, 4) is 0 Å². The number of benzene rings is 1. The molecule has 0 spiro atoms. The molecule has 0 atom stereocenters. The Bertz CT molecular complexity index is 705. The van der Waals surface area contributed by atoms with Crippen molar-refractivity contribution in [2.75, 3.05) is 42.9 Å². The van der Waals surface area contributed by atoms with Gasteiger partial charge in [0.05, 0.1) is 12.2 Å². The number of hydrogen-bond acceptors (Lipinski definition) is 4. The third kappa shape index (κ3) is 4.30. The lowest BCUT2D eigenvalue weighted by Gasteiger charge is -2.34. The van der Waals surface area contributed by atoms with Crippen LogP contribution in [0, 0.1) is 5.82 Å². The Kier molecular flexibility index (Phi) is 5.42. The second kappa shape index (κ2) is 7.72. The van der Waals surface area contributed by atoms with E-state index < -0.39 is 5.82 Å². The Hall–Kier alpha value is -1.99. The highest BCUT2D eigenvalue weighted by atomic mass is 79.9. The van der Waals surface area contributed by atoms with Crippen LogP contribution in [0.25, 0.3) is 0 Å². The molecule has 7 heteroatoms. The van der Waals surface area contributed by atoms with E-state index in [1.54, 1.807) is 18.3 Å². The number of aromatic nitrogens is 1. The maximum Gasteiger partial charge on any atom is 0.238 e. The van der Waals surface area contributed by atoms with Crippen LogP contribution in [0.2, 0.25) is 0 Å². The molecular formula is C17H18BrFN4O. The number of amides is 1. The smallest absolute Gasteiger partial charge is 0.238 e. The normalized spacial score (nSPS) is 15.3. The maximum atomic E-state index is 13.8. The van der Waals surface area contributed by atoms with Gasteiger partial charge < -0.3 is 10.2 Å². The number of pyridine rings is 1. The maximum absolute atomic E-state index is 13.8. The van der Waals surface area contributed by atoms with Gasteiger partial charge in [-0.25, -0.2) is 9.37 Å². The number of piperazine rings is 1. The minimum absolute atomic E-state index is 0.204. The molecule has 1 fully saturated rings. The number of carbonyl (C=O) groups excluding carboxylic acids is 1. The van der Waals surface area contributed by atoms with Crippen molar-refractivity contribution in [1.82, 2.24) is 9.88 Å². The van der Waals surface area contributed by atoms with Gasteiger partial charge in [0.1, 0.15) is 11.6 Å². The molecule has 1 aromatic heterocycles. The average molecular weight is 393 g/mol. The van der Waals surface area contributed by atoms with Crippen molar-refractivity contribution in [1.29, 1.82) is 0 Å². The number of nitrogens with one attached hydrogen (secondary N) is 1. The van der Waals surface area contributed by atoms with Gasteiger partial charge in [-0.1, -0.05) is 22.0 Å². The average Bonchev–Trinajstić information content (AvgIpc) is 2.59. The number of hydrogen-bond donors (Lipinski definition) is 1. The molecule has 24 heavy (non-hydrogen) atoms. The largest absolute Gasteiger partial charge is 0.354 e. The lowest BCUT2D eigenvalue weighted by molar-refractivity contribution is -0.117. The molecule has 0 radical (unpaired) electrons. The van der Waals surface area contributed by atoms with Gasteiger partial charge in [-0.2, -0.15) is 0 Å². The third-order valence-corrected chi connectivity index (χ3v) is 4.41. The highest BCUT2D eigenvalue weighted by Crippen LogP contribution is 2.19. The number of nitrogens with zero attached hydrogens (tertiary/aromatic N) is 3. The Morgan fingerprint density at radius 1 is 1.21 bits per heavy atom. The quantitative estimate of drug-likeness (QED) is 0.868. The Labute approximate surface area is 148 Å². The Balaban J connectivity index is 1.50. The summed E-state index contributed by atoms with van der Waals surface area (Å²) in [5.41, 5.74) is 0.204.